The lowest BCUT2D eigenvalue weighted by atomic mass is 9.73. The fourth-order valence-corrected chi connectivity index (χ4v) is 7.06. The first kappa shape index (κ1) is 24.3. The predicted molar refractivity (Wildman–Crippen MR) is 117 cm³/mol. The lowest BCUT2D eigenvalue weighted by molar-refractivity contribution is -0.140. The lowest BCUT2D eigenvalue weighted by Crippen LogP contribution is -2.64. The van der Waals surface area contributed by atoms with E-state index in [1.165, 1.54) is 4.31 Å². The topological polar surface area (TPSA) is 99.3 Å². The number of morpholine rings is 1. The molecule has 1 N–H and O–H groups in total. The van der Waals surface area contributed by atoms with Crippen molar-refractivity contribution < 1.29 is 35.9 Å². The molecule has 35 heavy (non-hydrogen) atoms. The maximum atomic E-state index is 13.0. The fourth-order valence-electron chi connectivity index (χ4n) is 5.40. The van der Waals surface area contributed by atoms with Crippen molar-refractivity contribution in [3.8, 4) is 0 Å². The number of alkyl halides is 3. The number of benzene rings is 1. The molecule has 0 bridgehead atoms. The Morgan fingerprint density at radius 2 is 1.71 bits per heavy atom. The average molecular weight is 517 g/mol. The van der Waals surface area contributed by atoms with Gasteiger partial charge in [0.25, 0.3) is 0 Å². The average Bonchev–Trinajstić information content (AvgIpc) is 2.81. The van der Waals surface area contributed by atoms with Crippen LogP contribution < -0.4 is 5.32 Å². The molecule has 0 radical (unpaired) electrons. The van der Waals surface area contributed by atoms with Crippen LogP contribution in [0.3, 0.4) is 0 Å². The molecule has 1 unspecified atom stereocenters. The second kappa shape index (κ2) is 8.63. The molecule has 2 atom stereocenters. The molecule has 0 aliphatic carbocycles. The summed E-state index contributed by atoms with van der Waals surface area (Å²) < 4.78 is 70.9. The van der Waals surface area contributed by atoms with Crippen LogP contribution in [0.25, 0.3) is 0 Å². The number of likely N-dealkylation sites (tertiary alicyclic amines) is 2. The number of fused-ring (bicyclic) bond motifs is 1. The smallest absolute Gasteiger partial charge is 0.366 e. The number of hydrogen-bond donors (Lipinski definition) is 1. The summed E-state index contributed by atoms with van der Waals surface area (Å²) in [7, 11) is -3.87. The van der Waals surface area contributed by atoms with Crippen LogP contribution >= 0.6 is 0 Å². The molecule has 4 fully saturated rings. The molecule has 5 rings (SSSR count). The van der Waals surface area contributed by atoms with Gasteiger partial charge in [0, 0.05) is 44.7 Å². The van der Waals surface area contributed by atoms with Gasteiger partial charge in [-0.2, -0.15) is 17.5 Å². The van der Waals surface area contributed by atoms with Gasteiger partial charge in [-0.15, -0.1) is 0 Å². The Labute approximate surface area is 201 Å². The molecule has 1 spiro atoms. The zero-order valence-corrected chi connectivity index (χ0v) is 19.8. The summed E-state index contributed by atoms with van der Waals surface area (Å²) in [5.41, 5.74) is -1.12. The Bertz CT molecular complexity index is 1100. The Hall–Kier alpha value is -2.38. The second-order valence-electron chi connectivity index (χ2n) is 9.82. The maximum Gasteiger partial charge on any atom is 0.416 e. The lowest BCUT2D eigenvalue weighted by Gasteiger charge is -2.53. The van der Waals surface area contributed by atoms with Crippen molar-refractivity contribution in [1.29, 1.82) is 0 Å². The van der Waals surface area contributed by atoms with E-state index < -0.39 is 21.8 Å². The van der Waals surface area contributed by atoms with Crippen LogP contribution in [-0.2, 0) is 25.7 Å². The molecule has 192 valence electrons. The van der Waals surface area contributed by atoms with E-state index >= 15 is 0 Å². The number of urea groups is 1. The van der Waals surface area contributed by atoms with Crippen molar-refractivity contribution in [2.75, 3.05) is 45.9 Å². The van der Waals surface area contributed by atoms with Gasteiger partial charge in [-0.25, -0.2) is 13.2 Å². The molecule has 13 heteroatoms. The normalized spacial score (nSPS) is 27.2. The van der Waals surface area contributed by atoms with Crippen LogP contribution in [0.2, 0.25) is 0 Å². The molecule has 4 heterocycles. The van der Waals surface area contributed by atoms with E-state index in [1.54, 1.807) is 9.80 Å². The summed E-state index contributed by atoms with van der Waals surface area (Å²) in [6, 6.07) is 3.24. The number of rotatable bonds is 2. The highest BCUT2D eigenvalue weighted by atomic mass is 32.2. The summed E-state index contributed by atoms with van der Waals surface area (Å²) in [6.07, 6.45) is -2.64. The minimum absolute atomic E-state index is 0.0505. The first-order valence-corrected chi connectivity index (χ1v) is 13.0. The van der Waals surface area contributed by atoms with Gasteiger partial charge in [0.2, 0.25) is 15.9 Å². The number of halogens is 3. The van der Waals surface area contributed by atoms with Gasteiger partial charge in [0.1, 0.15) is 6.61 Å². The number of sulfonamides is 1. The fraction of sp³-hybridized carbons (Fsp3) is 0.636. The third-order valence-corrected chi connectivity index (χ3v) is 9.34. The van der Waals surface area contributed by atoms with E-state index in [0.717, 1.165) is 24.3 Å². The molecule has 0 aromatic heterocycles. The molecule has 4 saturated heterocycles. The Kier molecular flexibility index (Phi) is 5.99. The Morgan fingerprint density at radius 1 is 1.06 bits per heavy atom. The van der Waals surface area contributed by atoms with E-state index in [9.17, 15) is 31.2 Å². The van der Waals surface area contributed by atoms with E-state index in [0.29, 0.717) is 45.4 Å². The van der Waals surface area contributed by atoms with Gasteiger partial charge in [-0.1, -0.05) is 0 Å². The highest BCUT2D eigenvalue weighted by molar-refractivity contribution is 7.89. The molecule has 4 aliphatic rings. The van der Waals surface area contributed by atoms with Gasteiger partial charge >= 0.3 is 12.2 Å². The van der Waals surface area contributed by atoms with Crippen molar-refractivity contribution in [3.63, 3.8) is 0 Å². The monoisotopic (exact) mass is 516 g/mol. The predicted octanol–water partition coefficient (Wildman–Crippen LogP) is 1.50. The first-order chi connectivity index (χ1) is 16.5. The van der Waals surface area contributed by atoms with Crippen LogP contribution in [0, 0.1) is 5.41 Å². The van der Waals surface area contributed by atoms with E-state index in [1.807, 2.05) is 0 Å². The zero-order valence-electron chi connectivity index (χ0n) is 19.0. The van der Waals surface area contributed by atoms with Crippen LogP contribution in [0.1, 0.15) is 24.8 Å². The van der Waals surface area contributed by atoms with Crippen molar-refractivity contribution >= 4 is 22.0 Å². The molecule has 1 aromatic rings. The molecule has 0 saturated carbocycles. The maximum absolute atomic E-state index is 13.0. The number of carbonyl (C=O) groups excluding carboxylic acids is 2. The minimum atomic E-state index is -4.53. The van der Waals surface area contributed by atoms with Gasteiger partial charge in [-0.05, 0) is 43.5 Å². The minimum Gasteiger partial charge on any atom is -0.366 e. The number of ether oxygens (including phenoxy) is 1. The van der Waals surface area contributed by atoms with Gasteiger partial charge in [0.05, 0.1) is 22.6 Å². The second-order valence-corrected chi connectivity index (χ2v) is 11.8. The summed E-state index contributed by atoms with van der Waals surface area (Å²) >= 11 is 0. The van der Waals surface area contributed by atoms with E-state index in [2.05, 4.69) is 5.32 Å². The first-order valence-electron chi connectivity index (χ1n) is 11.6. The Balaban J connectivity index is 1.14. The summed E-state index contributed by atoms with van der Waals surface area (Å²) in [5, 5.41) is 2.89. The van der Waals surface area contributed by atoms with E-state index in [4.69, 9.17) is 4.74 Å². The summed E-state index contributed by atoms with van der Waals surface area (Å²) in [5.74, 6) is -0.179. The van der Waals surface area contributed by atoms with Crippen LogP contribution in [0.15, 0.2) is 29.2 Å². The molecular formula is C22H27F3N4O5S. The Morgan fingerprint density at radius 3 is 2.34 bits per heavy atom. The van der Waals surface area contributed by atoms with Crippen molar-refractivity contribution in [2.45, 2.75) is 42.5 Å². The third-order valence-electron chi connectivity index (χ3n) is 7.53. The number of amides is 3. The highest BCUT2D eigenvalue weighted by Gasteiger charge is 2.50. The standard InChI is InChI=1S/C22H27F3N4O5S/c23-22(24,25)15-1-3-16(4-2-15)35(32,33)29-13-21(14-29)6-9-27(10-7-21)20(31)28-8-5-18-17(11-28)26-19(30)12-34-18/h1-4,17-18H,5-14H2,(H,26,30)/t17-,18?/m1/s1. The third kappa shape index (κ3) is 4.60. The van der Waals surface area contributed by atoms with Gasteiger partial charge in [0.15, 0.2) is 0 Å². The molecule has 3 amide bonds. The van der Waals surface area contributed by atoms with Gasteiger partial charge < -0.3 is 19.9 Å². The number of nitrogens with zero attached hydrogens (tertiary/aromatic N) is 3. The number of carbonyl (C=O) groups is 2. The van der Waals surface area contributed by atoms with Gasteiger partial charge in [-0.3, -0.25) is 4.79 Å². The molecule has 9 nitrogen and oxygen atoms in total. The van der Waals surface area contributed by atoms with E-state index in [-0.39, 0.29) is 54.1 Å². The number of piperidine rings is 2. The van der Waals surface area contributed by atoms with Crippen LogP contribution in [0.5, 0.6) is 0 Å². The summed E-state index contributed by atoms with van der Waals surface area (Å²) in [4.78, 5) is 28.0. The van der Waals surface area contributed by atoms with Crippen LogP contribution in [0.4, 0.5) is 18.0 Å². The largest absolute Gasteiger partial charge is 0.416 e. The number of hydrogen-bond acceptors (Lipinski definition) is 5. The van der Waals surface area contributed by atoms with Crippen molar-refractivity contribution in [1.82, 2.24) is 19.4 Å². The van der Waals surface area contributed by atoms with Crippen molar-refractivity contribution in [2.24, 2.45) is 5.41 Å². The molecule has 1 aromatic carbocycles. The zero-order chi connectivity index (χ0) is 25.0. The SMILES string of the molecule is O=C1COC2CCN(C(=O)N3CCC4(CC3)CN(S(=O)(=O)c3ccc(C(F)(F)F)cc3)C4)C[C@H]2N1. The number of nitrogens with one attached hydrogen (secondary N) is 1. The molecule has 4 aliphatic heterocycles. The highest BCUT2D eigenvalue weighted by Crippen LogP contribution is 2.43. The van der Waals surface area contributed by atoms with Crippen molar-refractivity contribution in [3.05, 3.63) is 29.8 Å². The summed E-state index contributed by atoms with van der Waals surface area (Å²) in [6.45, 7) is 2.58. The quantitative estimate of drug-likeness (QED) is 0.643. The molecular weight excluding hydrogens is 489 g/mol. The van der Waals surface area contributed by atoms with Crippen LogP contribution in [-0.4, -0.2) is 92.5 Å².